The van der Waals surface area contributed by atoms with Crippen LogP contribution in [0, 0.1) is 0 Å². The topological polar surface area (TPSA) is 21.3 Å². The smallest absolute Gasteiger partial charge is 0.0832 e. The largest absolute Gasteiger partial charge is 0.374 e. The normalized spacial score (nSPS) is 13.8. The molecule has 0 fully saturated rings. The molecule has 0 aliphatic rings. The van der Waals surface area contributed by atoms with Crippen molar-refractivity contribution in [2.75, 3.05) is 13.7 Å². The second-order valence-corrected chi connectivity index (χ2v) is 7.00. The number of rotatable bonds is 8. The lowest BCUT2D eigenvalue weighted by Crippen LogP contribution is -2.52. The summed E-state index contributed by atoms with van der Waals surface area (Å²) in [4.78, 5) is 1.40. The summed E-state index contributed by atoms with van der Waals surface area (Å²) in [5.74, 6) is 0. The molecule has 4 heteroatoms. The monoisotopic (exact) mass is 333 g/mol. The van der Waals surface area contributed by atoms with E-state index in [2.05, 4.69) is 54.2 Å². The molecule has 1 unspecified atom stereocenters. The highest BCUT2D eigenvalue weighted by molar-refractivity contribution is 9.11. The summed E-state index contributed by atoms with van der Waals surface area (Å²) in [6, 6.07) is 4.67. The number of hydrogen-bond acceptors (Lipinski definition) is 3. The fourth-order valence-corrected chi connectivity index (χ4v) is 4.08. The van der Waals surface area contributed by atoms with Crippen LogP contribution in [0.2, 0.25) is 0 Å². The van der Waals surface area contributed by atoms with Crippen molar-refractivity contribution in [3.05, 3.63) is 20.8 Å². The van der Waals surface area contributed by atoms with E-state index in [4.69, 9.17) is 4.74 Å². The Bertz CT molecular complexity index is 349. The van der Waals surface area contributed by atoms with Crippen LogP contribution in [0.1, 0.15) is 38.5 Å². The van der Waals surface area contributed by atoms with Gasteiger partial charge >= 0.3 is 0 Å². The highest BCUT2D eigenvalue weighted by Crippen LogP contribution is 2.30. The molecule has 1 heterocycles. The Hall–Kier alpha value is 0.1000. The molecule has 0 bridgehead atoms. The second kappa shape index (κ2) is 7.63. The SMILES string of the molecule is CCOC(CC)(CC)C(Cc1ccc(Br)s1)NC. The molecule has 0 aliphatic carbocycles. The van der Waals surface area contributed by atoms with Crippen molar-refractivity contribution in [3.63, 3.8) is 0 Å². The Kier molecular flexibility index (Phi) is 6.85. The van der Waals surface area contributed by atoms with E-state index in [0.717, 1.165) is 25.9 Å². The van der Waals surface area contributed by atoms with Crippen molar-refractivity contribution in [2.24, 2.45) is 0 Å². The van der Waals surface area contributed by atoms with Gasteiger partial charge in [0.05, 0.1) is 9.39 Å². The molecule has 1 aromatic rings. The fraction of sp³-hybridized carbons (Fsp3) is 0.714. The van der Waals surface area contributed by atoms with Crippen LogP contribution in [0.25, 0.3) is 0 Å². The highest BCUT2D eigenvalue weighted by Gasteiger charge is 2.35. The zero-order valence-corrected chi connectivity index (χ0v) is 14.2. The summed E-state index contributed by atoms with van der Waals surface area (Å²) < 4.78 is 7.29. The Morgan fingerprint density at radius 2 is 2.00 bits per heavy atom. The number of ether oxygens (including phenoxy) is 1. The lowest BCUT2D eigenvalue weighted by atomic mass is 9.86. The molecule has 1 rings (SSSR count). The average Bonchev–Trinajstić information content (AvgIpc) is 2.79. The first-order chi connectivity index (χ1) is 8.61. The van der Waals surface area contributed by atoms with Crippen molar-refractivity contribution in [3.8, 4) is 0 Å². The zero-order chi connectivity index (χ0) is 13.6. The quantitative estimate of drug-likeness (QED) is 0.768. The zero-order valence-electron chi connectivity index (χ0n) is 11.8. The van der Waals surface area contributed by atoms with Crippen molar-refractivity contribution in [2.45, 2.75) is 51.7 Å². The van der Waals surface area contributed by atoms with Crippen molar-refractivity contribution in [1.29, 1.82) is 0 Å². The second-order valence-electron chi connectivity index (χ2n) is 4.46. The molecule has 0 saturated carbocycles. The minimum absolute atomic E-state index is 0.0556. The van der Waals surface area contributed by atoms with Crippen molar-refractivity contribution < 1.29 is 4.74 Å². The Morgan fingerprint density at radius 3 is 2.39 bits per heavy atom. The molecule has 0 spiro atoms. The summed E-state index contributed by atoms with van der Waals surface area (Å²) >= 11 is 5.33. The van der Waals surface area contributed by atoms with E-state index in [0.29, 0.717) is 6.04 Å². The van der Waals surface area contributed by atoms with Gasteiger partial charge in [-0.15, -0.1) is 11.3 Å². The van der Waals surface area contributed by atoms with Crippen LogP contribution in [-0.2, 0) is 11.2 Å². The van der Waals surface area contributed by atoms with Crippen LogP contribution in [-0.4, -0.2) is 25.3 Å². The van der Waals surface area contributed by atoms with Gasteiger partial charge in [0, 0.05) is 17.5 Å². The van der Waals surface area contributed by atoms with E-state index in [1.165, 1.54) is 8.66 Å². The van der Waals surface area contributed by atoms with E-state index in [-0.39, 0.29) is 5.60 Å². The molecule has 1 N–H and O–H groups in total. The fourth-order valence-electron chi connectivity index (χ4n) is 2.55. The van der Waals surface area contributed by atoms with Gasteiger partial charge in [0.15, 0.2) is 0 Å². The molecular formula is C14H24BrNOS. The third kappa shape index (κ3) is 3.80. The number of nitrogens with one attached hydrogen (secondary N) is 1. The predicted octanol–water partition coefficient (Wildman–Crippen LogP) is 4.24. The minimum atomic E-state index is -0.0556. The lowest BCUT2D eigenvalue weighted by molar-refractivity contribution is -0.0702. The molecule has 104 valence electrons. The van der Waals surface area contributed by atoms with Crippen LogP contribution in [0.5, 0.6) is 0 Å². The van der Waals surface area contributed by atoms with Gasteiger partial charge in [-0.25, -0.2) is 0 Å². The Balaban J connectivity index is 2.84. The van der Waals surface area contributed by atoms with E-state index in [9.17, 15) is 0 Å². The summed E-state index contributed by atoms with van der Waals surface area (Å²) in [5, 5.41) is 3.45. The molecule has 2 nitrogen and oxygen atoms in total. The molecule has 1 aromatic heterocycles. The Labute approximate surface area is 123 Å². The van der Waals surface area contributed by atoms with Gasteiger partial charge in [0.1, 0.15) is 0 Å². The van der Waals surface area contributed by atoms with Crippen molar-refractivity contribution in [1.82, 2.24) is 5.32 Å². The van der Waals surface area contributed by atoms with Gasteiger partial charge in [-0.1, -0.05) is 13.8 Å². The molecule has 18 heavy (non-hydrogen) atoms. The van der Waals surface area contributed by atoms with Crippen LogP contribution < -0.4 is 5.32 Å². The summed E-state index contributed by atoms with van der Waals surface area (Å²) in [6.45, 7) is 7.28. The maximum absolute atomic E-state index is 6.09. The number of hydrogen-bond donors (Lipinski definition) is 1. The van der Waals surface area contributed by atoms with E-state index >= 15 is 0 Å². The number of likely N-dealkylation sites (N-methyl/N-ethyl adjacent to an activating group) is 1. The van der Waals surface area contributed by atoms with Crippen molar-refractivity contribution >= 4 is 27.3 Å². The van der Waals surface area contributed by atoms with E-state index in [1.807, 2.05) is 18.4 Å². The lowest BCUT2D eigenvalue weighted by Gasteiger charge is -2.39. The molecule has 0 amide bonds. The maximum atomic E-state index is 6.09. The van der Waals surface area contributed by atoms with Crippen LogP contribution in [0.4, 0.5) is 0 Å². The molecule has 0 aliphatic heterocycles. The Morgan fingerprint density at radius 1 is 1.33 bits per heavy atom. The molecule has 1 atom stereocenters. The molecule has 0 saturated heterocycles. The molecular weight excluding hydrogens is 310 g/mol. The third-order valence-corrected chi connectivity index (χ3v) is 5.29. The summed E-state index contributed by atoms with van der Waals surface area (Å²) in [7, 11) is 2.03. The standard InChI is InChI=1S/C14H24BrNOS/c1-5-14(6-2,17-7-3)12(16-4)10-11-8-9-13(15)18-11/h8-9,12,16H,5-7,10H2,1-4H3. The van der Waals surface area contributed by atoms with Gasteiger partial charge < -0.3 is 10.1 Å². The summed E-state index contributed by atoms with van der Waals surface area (Å²) in [5.41, 5.74) is -0.0556. The predicted molar refractivity (Wildman–Crippen MR) is 83.5 cm³/mol. The van der Waals surface area contributed by atoms with Gasteiger partial charge in [-0.3, -0.25) is 0 Å². The number of halogens is 1. The first-order valence-electron chi connectivity index (χ1n) is 6.67. The average molecular weight is 334 g/mol. The van der Waals surface area contributed by atoms with Crippen LogP contribution in [0.3, 0.4) is 0 Å². The first kappa shape index (κ1) is 16.2. The molecule has 0 radical (unpaired) electrons. The van der Waals surface area contributed by atoms with Crippen LogP contribution in [0.15, 0.2) is 15.9 Å². The van der Waals surface area contributed by atoms with Gasteiger partial charge in [-0.2, -0.15) is 0 Å². The number of thiophene rings is 1. The van der Waals surface area contributed by atoms with Crippen LogP contribution >= 0.6 is 27.3 Å². The minimum Gasteiger partial charge on any atom is -0.374 e. The van der Waals surface area contributed by atoms with Gasteiger partial charge in [0.2, 0.25) is 0 Å². The third-order valence-electron chi connectivity index (χ3n) is 3.65. The van der Waals surface area contributed by atoms with Gasteiger partial charge in [-0.05, 0) is 61.3 Å². The molecule has 0 aromatic carbocycles. The van der Waals surface area contributed by atoms with E-state index in [1.54, 1.807) is 0 Å². The maximum Gasteiger partial charge on any atom is 0.0832 e. The highest BCUT2D eigenvalue weighted by atomic mass is 79.9. The summed E-state index contributed by atoms with van der Waals surface area (Å²) in [6.07, 6.45) is 3.10. The van der Waals surface area contributed by atoms with Gasteiger partial charge in [0.25, 0.3) is 0 Å². The first-order valence-corrected chi connectivity index (χ1v) is 8.28. The van der Waals surface area contributed by atoms with E-state index < -0.39 is 0 Å².